The molecule has 0 saturated heterocycles. The maximum absolute atomic E-state index is 13.9. The molecule has 15 aromatic rings. The Bertz CT molecular complexity index is 5270. The van der Waals surface area contributed by atoms with Crippen LogP contribution in [-0.4, -0.2) is 32.2 Å². The minimum absolute atomic E-state index is 0.0735. The number of hydrogen-bond acceptors (Lipinski definition) is 7. The first-order chi connectivity index (χ1) is 45.6. The quantitative estimate of drug-likeness (QED) is 0.0891. The van der Waals surface area contributed by atoms with E-state index in [-0.39, 0.29) is 19.3 Å². The van der Waals surface area contributed by atoms with E-state index in [0.29, 0.717) is 23.0 Å². The molecule has 13 aromatic carbocycles. The van der Waals surface area contributed by atoms with E-state index in [1.807, 2.05) is 115 Å². The normalized spacial score (nSPS) is 12.2. The molecule has 2 aliphatic heterocycles. The second-order valence-corrected chi connectivity index (χ2v) is 23.4. The van der Waals surface area contributed by atoms with Gasteiger partial charge in [0.25, 0.3) is 6.71 Å². The number of carbonyl (C=O) groups excluding carboxylic acids is 1. The zero-order chi connectivity index (χ0) is 61.1. The van der Waals surface area contributed by atoms with Crippen molar-refractivity contribution in [2.75, 3.05) is 9.80 Å². The van der Waals surface area contributed by atoms with Crippen LogP contribution in [0.5, 0.6) is 0 Å². The van der Waals surface area contributed by atoms with Crippen molar-refractivity contribution in [1.29, 1.82) is 0 Å². The number of aromatic nitrogens is 4. The summed E-state index contributed by atoms with van der Waals surface area (Å²) in [5.74, 6) is 1.26. The second kappa shape index (κ2) is 22.8. The number of anilines is 6. The molecule has 0 unspecified atom stereocenters. The van der Waals surface area contributed by atoms with Crippen LogP contribution in [0, 0.1) is 0 Å². The topological polar surface area (TPSA) is 76.4 Å². The lowest BCUT2D eigenvalue weighted by molar-refractivity contribution is 0.0473. The maximum atomic E-state index is 13.9. The van der Waals surface area contributed by atoms with E-state index in [9.17, 15) is 4.79 Å². The lowest BCUT2D eigenvalue weighted by Crippen LogP contribution is -2.61. The molecule has 8 nitrogen and oxygen atoms in total. The summed E-state index contributed by atoms with van der Waals surface area (Å²) in [6.07, 6.45) is 0. The zero-order valence-corrected chi connectivity index (χ0v) is 49.9. The molecule has 0 amide bonds. The first kappa shape index (κ1) is 54.0. The van der Waals surface area contributed by atoms with Crippen molar-refractivity contribution in [2.24, 2.45) is 0 Å². The van der Waals surface area contributed by atoms with Crippen LogP contribution in [0.2, 0.25) is 0 Å². The van der Waals surface area contributed by atoms with Crippen LogP contribution < -0.4 is 26.2 Å². The van der Waals surface area contributed by atoms with E-state index < -0.39 is 0 Å². The summed E-state index contributed by atoms with van der Waals surface area (Å²) < 4.78 is 8.22. The summed E-state index contributed by atoms with van der Waals surface area (Å²) in [6, 6.07) is 113. The van der Waals surface area contributed by atoms with Gasteiger partial charge in [0.1, 0.15) is 6.61 Å². The lowest BCUT2D eigenvalue weighted by atomic mass is 9.33. The molecular formula is C83H55BN6O2. The van der Waals surface area contributed by atoms with Crippen LogP contribution in [0.1, 0.15) is 15.9 Å². The van der Waals surface area contributed by atoms with Crippen LogP contribution in [0.15, 0.2) is 322 Å². The SMILES string of the molecule is O=C(OCc1ccccc1)c1ccc2c(c1)c1ccccc1n2-c1c(-c2cccc(-c3cccc(-c4ccc(N5c6ccccc6B6c7ccccc7N(c7ccccc7)c7cccc5c76)cc4)c3)c2)cccc1-c1nc(-c2ccccc2)nc(-c2ccccc2)n1. The molecular weight excluding hydrogens is 1120 g/mol. The summed E-state index contributed by atoms with van der Waals surface area (Å²) in [5, 5.41) is 1.90. The molecule has 4 heterocycles. The van der Waals surface area contributed by atoms with Gasteiger partial charge in [0, 0.05) is 67.2 Å². The van der Waals surface area contributed by atoms with Gasteiger partial charge >= 0.3 is 5.97 Å². The fourth-order valence-corrected chi connectivity index (χ4v) is 13.8. The van der Waals surface area contributed by atoms with Crippen LogP contribution in [0.25, 0.3) is 95.0 Å². The Kier molecular flexibility index (Phi) is 13.4. The van der Waals surface area contributed by atoms with E-state index in [2.05, 4.69) is 221 Å². The molecule has 0 N–H and O–H groups in total. The first-order valence-electron chi connectivity index (χ1n) is 31.1. The number of ether oxygens (including phenoxy) is 1. The average molecular weight is 1180 g/mol. The van der Waals surface area contributed by atoms with Gasteiger partial charge in [-0.1, -0.05) is 231 Å². The van der Waals surface area contributed by atoms with Crippen LogP contribution >= 0.6 is 0 Å². The fraction of sp³-hybridized carbons (Fsp3) is 0.0120. The number of esters is 1. The Morgan fingerprint density at radius 2 is 0.815 bits per heavy atom. The van der Waals surface area contributed by atoms with Crippen molar-refractivity contribution in [3.63, 3.8) is 0 Å². The zero-order valence-electron chi connectivity index (χ0n) is 49.9. The average Bonchev–Trinajstić information content (AvgIpc) is 0.867. The summed E-state index contributed by atoms with van der Waals surface area (Å²) in [4.78, 5) is 34.5. The van der Waals surface area contributed by atoms with Gasteiger partial charge in [-0.25, -0.2) is 19.7 Å². The highest BCUT2D eigenvalue weighted by Gasteiger charge is 2.43. The Morgan fingerprint density at radius 1 is 0.348 bits per heavy atom. The monoisotopic (exact) mass is 1180 g/mol. The highest BCUT2D eigenvalue weighted by atomic mass is 16.5. The van der Waals surface area contributed by atoms with E-state index in [0.717, 1.165) is 94.5 Å². The minimum Gasteiger partial charge on any atom is -0.457 e. The van der Waals surface area contributed by atoms with Crippen LogP contribution in [0.4, 0.5) is 34.1 Å². The van der Waals surface area contributed by atoms with Gasteiger partial charge in [-0.05, 0) is 141 Å². The third-order valence-electron chi connectivity index (χ3n) is 18.0. The Labute approximate surface area is 533 Å². The Morgan fingerprint density at radius 3 is 1.47 bits per heavy atom. The van der Waals surface area contributed by atoms with Gasteiger partial charge in [0.2, 0.25) is 0 Å². The van der Waals surface area contributed by atoms with Gasteiger partial charge in [-0.15, -0.1) is 0 Å². The van der Waals surface area contributed by atoms with Gasteiger partial charge in [0.15, 0.2) is 17.5 Å². The van der Waals surface area contributed by atoms with Crippen molar-refractivity contribution >= 4 is 85.0 Å². The standard InChI is InChI=1S/C83H55BN6O2/c91-83(92-54-55-23-5-1-6-24-55)63-47-50-73-69(53-63)67-35-13-16-40-72(67)90(73)79-66(36-21-37-68(79)82-86-80(57-25-7-2-8-26-57)85-81(87-82)58-27-9-3-10-28-58)62-32-20-31-61(52-62)60-30-19-29-59(51-60)56-45-48-65(49-46-56)89-75-42-18-15-39-71(75)84-70-38-14-17-41-74(70)88(64-33-11-4-12-34-64)76-43-22-44-77(89)78(76)84/h1-53H,54H2. The van der Waals surface area contributed by atoms with Gasteiger partial charge < -0.3 is 19.1 Å². The molecule has 2 aromatic heterocycles. The summed E-state index contributed by atoms with van der Waals surface area (Å²) in [6.45, 7) is 0.246. The summed E-state index contributed by atoms with van der Waals surface area (Å²) in [7, 11) is 0. The number of hydrogen-bond donors (Lipinski definition) is 0. The van der Waals surface area contributed by atoms with Crippen molar-refractivity contribution < 1.29 is 9.53 Å². The molecule has 432 valence electrons. The fourth-order valence-electron chi connectivity index (χ4n) is 13.8. The highest BCUT2D eigenvalue weighted by molar-refractivity contribution is 7.00. The highest BCUT2D eigenvalue weighted by Crippen LogP contribution is 2.46. The predicted octanol–water partition coefficient (Wildman–Crippen LogP) is 18.4. The number of rotatable bonds is 12. The van der Waals surface area contributed by atoms with Crippen molar-refractivity contribution in [3.8, 4) is 73.2 Å². The molecule has 0 fully saturated rings. The molecule has 9 heteroatoms. The molecule has 0 atom stereocenters. The number of para-hydroxylation sites is 5. The van der Waals surface area contributed by atoms with Gasteiger partial charge in [0.05, 0.1) is 22.3 Å². The minimum atomic E-state index is -0.390. The largest absolute Gasteiger partial charge is 0.457 e. The summed E-state index contributed by atoms with van der Waals surface area (Å²) in [5.41, 5.74) is 23.9. The van der Waals surface area contributed by atoms with E-state index in [4.69, 9.17) is 19.7 Å². The number of nitrogens with zero attached hydrogens (tertiary/aromatic N) is 6. The maximum Gasteiger partial charge on any atom is 0.338 e. The van der Waals surface area contributed by atoms with Gasteiger partial charge in [-0.3, -0.25) is 0 Å². The Balaban J connectivity index is 0.772. The lowest BCUT2D eigenvalue weighted by Gasteiger charge is -2.44. The molecule has 0 spiro atoms. The second-order valence-electron chi connectivity index (χ2n) is 23.4. The van der Waals surface area contributed by atoms with E-state index >= 15 is 0 Å². The predicted molar refractivity (Wildman–Crippen MR) is 376 cm³/mol. The molecule has 0 aliphatic carbocycles. The first-order valence-corrected chi connectivity index (χ1v) is 31.1. The third-order valence-corrected chi connectivity index (χ3v) is 18.0. The summed E-state index contributed by atoms with van der Waals surface area (Å²) >= 11 is 0. The van der Waals surface area contributed by atoms with E-state index in [1.54, 1.807) is 0 Å². The van der Waals surface area contributed by atoms with Crippen LogP contribution in [-0.2, 0) is 11.3 Å². The molecule has 2 aliphatic rings. The third kappa shape index (κ3) is 9.41. The molecule has 0 radical (unpaired) electrons. The molecule has 0 saturated carbocycles. The van der Waals surface area contributed by atoms with E-state index in [1.165, 1.54) is 39.1 Å². The van der Waals surface area contributed by atoms with Gasteiger partial charge in [-0.2, -0.15) is 0 Å². The van der Waals surface area contributed by atoms with Crippen molar-refractivity contribution in [3.05, 3.63) is 333 Å². The number of carbonyl (C=O) groups is 1. The number of fused-ring (bicyclic) bond motifs is 7. The van der Waals surface area contributed by atoms with Crippen molar-refractivity contribution in [1.82, 2.24) is 19.5 Å². The molecule has 92 heavy (non-hydrogen) atoms. The van der Waals surface area contributed by atoms with Crippen molar-refractivity contribution in [2.45, 2.75) is 6.61 Å². The Hall–Kier alpha value is -12.2. The van der Waals surface area contributed by atoms with Crippen LogP contribution in [0.3, 0.4) is 0 Å². The molecule has 0 bridgehead atoms. The number of benzene rings is 13. The molecule has 17 rings (SSSR count). The smallest absolute Gasteiger partial charge is 0.338 e.